The van der Waals surface area contributed by atoms with E-state index in [1.165, 1.54) is 0 Å². The highest BCUT2D eigenvalue weighted by Gasteiger charge is 2.18. The second-order valence-corrected chi connectivity index (χ2v) is 7.90. The molecule has 0 unspecified atom stereocenters. The van der Waals surface area contributed by atoms with E-state index in [1.54, 1.807) is 6.20 Å². The predicted octanol–water partition coefficient (Wildman–Crippen LogP) is 3.75. The standard InChI is InChI=1S/C23H23N7OS/c1-16-19(4-2-10-24-16)26-23(32)25-18-8-6-17(7-9-18)21-27-22(29-12-14-31-15-13-29)20-5-3-11-30(20)28-21/h2-11H,12-15H2,1H3,(H2,25,26,32). The smallest absolute Gasteiger partial charge is 0.182 e. The number of fused-ring (bicyclic) bond motifs is 1. The fraction of sp³-hybridized carbons (Fsp3) is 0.217. The summed E-state index contributed by atoms with van der Waals surface area (Å²) in [5.41, 5.74) is 4.58. The molecule has 2 N–H and O–H groups in total. The van der Waals surface area contributed by atoms with Crippen LogP contribution in [0.15, 0.2) is 60.9 Å². The van der Waals surface area contributed by atoms with Gasteiger partial charge < -0.3 is 20.3 Å². The summed E-state index contributed by atoms with van der Waals surface area (Å²) >= 11 is 5.44. The average Bonchev–Trinajstić information content (AvgIpc) is 3.30. The van der Waals surface area contributed by atoms with Gasteiger partial charge in [-0.3, -0.25) is 4.98 Å². The maximum Gasteiger partial charge on any atom is 0.182 e. The monoisotopic (exact) mass is 445 g/mol. The van der Waals surface area contributed by atoms with Crippen molar-refractivity contribution in [3.8, 4) is 11.4 Å². The first kappa shape index (κ1) is 20.3. The summed E-state index contributed by atoms with van der Waals surface area (Å²) in [7, 11) is 0. The van der Waals surface area contributed by atoms with Gasteiger partial charge >= 0.3 is 0 Å². The lowest BCUT2D eigenvalue weighted by atomic mass is 10.2. The van der Waals surface area contributed by atoms with E-state index in [2.05, 4.69) is 20.5 Å². The highest BCUT2D eigenvalue weighted by atomic mass is 32.1. The molecule has 0 amide bonds. The van der Waals surface area contributed by atoms with Crippen LogP contribution in [0.1, 0.15) is 5.69 Å². The number of anilines is 3. The molecule has 4 heterocycles. The minimum atomic E-state index is 0.508. The molecule has 9 heteroatoms. The van der Waals surface area contributed by atoms with Crippen LogP contribution in [0.2, 0.25) is 0 Å². The van der Waals surface area contributed by atoms with Gasteiger partial charge in [0.1, 0.15) is 5.52 Å². The molecule has 1 saturated heterocycles. The number of rotatable bonds is 4. The van der Waals surface area contributed by atoms with E-state index < -0.39 is 0 Å². The van der Waals surface area contributed by atoms with Crippen molar-refractivity contribution in [2.24, 2.45) is 0 Å². The Bertz CT molecular complexity index is 1250. The third-order valence-corrected chi connectivity index (χ3v) is 5.54. The first-order chi connectivity index (χ1) is 15.7. The number of hydrogen-bond acceptors (Lipinski definition) is 6. The van der Waals surface area contributed by atoms with Crippen molar-refractivity contribution in [3.63, 3.8) is 0 Å². The fourth-order valence-electron chi connectivity index (χ4n) is 3.65. The Morgan fingerprint density at radius 2 is 1.84 bits per heavy atom. The quantitative estimate of drug-likeness (QED) is 0.460. The highest BCUT2D eigenvalue weighted by Crippen LogP contribution is 2.25. The summed E-state index contributed by atoms with van der Waals surface area (Å²) in [5.74, 6) is 1.61. The topological polar surface area (TPSA) is 79.6 Å². The number of morpholine rings is 1. The first-order valence-corrected chi connectivity index (χ1v) is 10.9. The number of pyridine rings is 1. The molecule has 5 rings (SSSR count). The molecule has 0 atom stereocenters. The van der Waals surface area contributed by atoms with Crippen molar-refractivity contribution in [1.82, 2.24) is 19.6 Å². The summed E-state index contributed by atoms with van der Waals surface area (Å²) in [5, 5.41) is 11.6. The number of aryl methyl sites for hydroxylation is 1. The molecule has 162 valence electrons. The van der Waals surface area contributed by atoms with Crippen molar-refractivity contribution in [1.29, 1.82) is 0 Å². The van der Waals surface area contributed by atoms with Gasteiger partial charge in [-0.15, -0.1) is 5.10 Å². The Kier molecular flexibility index (Phi) is 5.66. The third-order valence-electron chi connectivity index (χ3n) is 5.34. The summed E-state index contributed by atoms with van der Waals surface area (Å²) in [6.45, 7) is 4.99. The molecule has 0 radical (unpaired) electrons. The lowest BCUT2D eigenvalue weighted by Gasteiger charge is -2.28. The number of nitrogens with zero attached hydrogens (tertiary/aromatic N) is 5. The van der Waals surface area contributed by atoms with Crippen LogP contribution in [0.3, 0.4) is 0 Å². The third kappa shape index (κ3) is 4.25. The van der Waals surface area contributed by atoms with Gasteiger partial charge in [0.25, 0.3) is 0 Å². The molecular weight excluding hydrogens is 422 g/mol. The van der Waals surface area contributed by atoms with Crippen molar-refractivity contribution >= 4 is 40.0 Å². The van der Waals surface area contributed by atoms with Crippen LogP contribution in [0.5, 0.6) is 0 Å². The first-order valence-electron chi connectivity index (χ1n) is 10.5. The number of nitrogens with one attached hydrogen (secondary N) is 2. The van der Waals surface area contributed by atoms with Gasteiger partial charge in [-0.25, -0.2) is 9.50 Å². The van der Waals surface area contributed by atoms with E-state index in [9.17, 15) is 0 Å². The number of ether oxygens (including phenoxy) is 1. The van der Waals surface area contributed by atoms with Gasteiger partial charge in [-0.05, 0) is 67.7 Å². The van der Waals surface area contributed by atoms with Crippen molar-refractivity contribution < 1.29 is 4.74 Å². The molecule has 1 aliphatic rings. The van der Waals surface area contributed by atoms with Crippen LogP contribution in [0.4, 0.5) is 17.2 Å². The minimum absolute atomic E-state index is 0.508. The molecule has 8 nitrogen and oxygen atoms in total. The molecule has 1 aliphatic heterocycles. The SMILES string of the molecule is Cc1ncccc1NC(=S)Nc1ccc(-c2nc(N3CCOCC3)c3cccn3n2)cc1. The van der Waals surface area contributed by atoms with Crippen molar-refractivity contribution in [3.05, 3.63) is 66.6 Å². The van der Waals surface area contributed by atoms with E-state index in [-0.39, 0.29) is 0 Å². The molecule has 1 aromatic carbocycles. The molecule has 0 spiro atoms. The Balaban J connectivity index is 1.35. The van der Waals surface area contributed by atoms with Gasteiger partial charge in [0.2, 0.25) is 0 Å². The maximum atomic E-state index is 5.50. The Morgan fingerprint density at radius 3 is 2.62 bits per heavy atom. The molecule has 4 aromatic rings. The Morgan fingerprint density at radius 1 is 1.03 bits per heavy atom. The Labute approximate surface area is 191 Å². The van der Waals surface area contributed by atoms with E-state index in [1.807, 2.05) is 66.2 Å². The largest absolute Gasteiger partial charge is 0.378 e. The second-order valence-electron chi connectivity index (χ2n) is 7.49. The van der Waals surface area contributed by atoms with Crippen LogP contribution in [-0.4, -0.2) is 51.0 Å². The highest BCUT2D eigenvalue weighted by molar-refractivity contribution is 7.80. The minimum Gasteiger partial charge on any atom is -0.378 e. The number of benzene rings is 1. The lowest BCUT2D eigenvalue weighted by Crippen LogP contribution is -2.37. The molecule has 0 saturated carbocycles. The summed E-state index contributed by atoms with van der Waals surface area (Å²) in [4.78, 5) is 11.4. The molecule has 32 heavy (non-hydrogen) atoms. The normalized spacial score (nSPS) is 13.8. The van der Waals surface area contributed by atoms with Crippen LogP contribution in [-0.2, 0) is 4.74 Å². The molecule has 3 aromatic heterocycles. The van der Waals surface area contributed by atoms with Gasteiger partial charge in [-0.2, -0.15) is 0 Å². The van der Waals surface area contributed by atoms with Gasteiger partial charge in [0.05, 0.1) is 24.6 Å². The maximum absolute atomic E-state index is 5.50. The predicted molar refractivity (Wildman–Crippen MR) is 130 cm³/mol. The van der Waals surface area contributed by atoms with E-state index in [4.69, 9.17) is 27.0 Å². The van der Waals surface area contributed by atoms with Crippen molar-refractivity contribution in [2.75, 3.05) is 41.8 Å². The number of thiocarbonyl (C=S) groups is 1. The fourth-order valence-corrected chi connectivity index (χ4v) is 3.88. The molecule has 0 aliphatic carbocycles. The summed E-state index contributed by atoms with van der Waals surface area (Å²) in [6, 6.07) is 15.8. The zero-order valence-corrected chi connectivity index (χ0v) is 18.5. The van der Waals surface area contributed by atoms with Crippen LogP contribution in [0, 0.1) is 6.92 Å². The number of aromatic nitrogens is 4. The van der Waals surface area contributed by atoms with E-state index in [0.717, 1.165) is 47.1 Å². The number of hydrogen-bond donors (Lipinski definition) is 2. The molecule has 1 fully saturated rings. The Hall–Kier alpha value is -3.56. The zero-order chi connectivity index (χ0) is 21.9. The van der Waals surface area contributed by atoms with Gasteiger partial charge in [0.15, 0.2) is 16.8 Å². The van der Waals surface area contributed by atoms with Crippen LogP contribution < -0.4 is 15.5 Å². The van der Waals surface area contributed by atoms with Gasteiger partial charge in [-0.1, -0.05) is 0 Å². The van der Waals surface area contributed by atoms with E-state index >= 15 is 0 Å². The average molecular weight is 446 g/mol. The van der Waals surface area contributed by atoms with Crippen LogP contribution in [0.25, 0.3) is 16.9 Å². The molecule has 0 bridgehead atoms. The van der Waals surface area contributed by atoms with Crippen LogP contribution >= 0.6 is 12.2 Å². The summed E-state index contributed by atoms with van der Waals surface area (Å²) in [6.07, 6.45) is 3.71. The van der Waals surface area contributed by atoms with Gasteiger partial charge in [0, 0.05) is 36.7 Å². The van der Waals surface area contributed by atoms with Crippen molar-refractivity contribution in [2.45, 2.75) is 6.92 Å². The zero-order valence-electron chi connectivity index (χ0n) is 17.7. The summed E-state index contributed by atoms with van der Waals surface area (Å²) < 4.78 is 7.38. The molecular formula is C23H23N7OS. The van der Waals surface area contributed by atoms with E-state index in [0.29, 0.717) is 24.2 Å². The second kappa shape index (κ2) is 8.89. The lowest BCUT2D eigenvalue weighted by molar-refractivity contribution is 0.122.